The van der Waals surface area contributed by atoms with Gasteiger partial charge < -0.3 is 131 Å². The van der Waals surface area contributed by atoms with Gasteiger partial charge in [0, 0.05) is 70.9 Å². The van der Waals surface area contributed by atoms with E-state index in [-0.39, 0.29) is 90.9 Å². The van der Waals surface area contributed by atoms with E-state index in [1.807, 2.05) is 0 Å². The molecule has 18 N–H and O–H groups in total. The summed E-state index contributed by atoms with van der Waals surface area (Å²) in [6.07, 6.45) is -30.8. The van der Waals surface area contributed by atoms with Gasteiger partial charge >= 0.3 is 5.97 Å². The largest absolute Gasteiger partial charge is 0.396 e. The van der Waals surface area contributed by atoms with Crippen molar-refractivity contribution >= 4 is 47.3 Å². The Balaban J connectivity index is 1.06. The lowest BCUT2D eigenvalue weighted by Gasteiger charge is -2.46. The number of nitrogens with zero attached hydrogens (tertiary/aromatic N) is 2. The van der Waals surface area contributed by atoms with Crippen molar-refractivity contribution in [3.63, 3.8) is 0 Å². The van der Waals surface area contributed by atoms with Crippen LogP contribution < -0.4 is 26.6 Å². The maximum atomic E-state index is 13.1. The second kappa shape index (κ2) is 35.3. The highest BCUT2D eigenvalue weighted by atomic mass is 16.7. The predicted octanol–water partition coefficient (Wildman–Crippen LogP) is -11.6. The summed E-state index contributed by atoms with van der Waals surface area (Å²) in [7, 11) is 0. The zero-order chi connectivity index (χ0) is 63.4. The molecule has 7 amide bonds. The first-order valence-electron chi connectivity index (χ1n) is 28.1. The summed E-state index contributed by atoms with van der Waals surface area (Å²) < 4.78 is 39.0. The van der Waals surface area contributed by atoms with Crippen molar-refractivity contribution in [1.82, 2.24) is 36.5 Å². The number of rotatable bonds is 33. The van der Waals surface area contributed by atoms with Gasteiger partial charge in [0.1, 0.15) is 79.4 Å². The van der Waals surface area contributed by atoms with Crippen LogP contribution in [0.3, 0.4) is 0 Å². The molecule has 0 aromatic carbocycles. The van der Waals surface area contributed by atoms with Crippen LogP contribution in [0.2, 0.25) is 0 Å². The third-order valence-corrected chi connectivity index (χ3v) is 14.6. The number of aliphatic hydroxyl groups excluding tert-OH is 13. The number of imide groups is 1. The van der Waals surface area contributed by atoms with Crippen LogP contribution in [0.4, 0.5) is 0 Å². The quantitative estimate of drug-likeness (QED) is 0.0214. The minimum atomic E-state index is -1.96. The van der Waals surface area contributed by atoms with Crippen molar-refractivity contribution < 1.29 is 143 Å². The molecule has 1 aliphatic carbocycles. The summed E-state index contributed by atoms with van der Waals surface area (Å²) in [5.74, 6) is -6.32. The van der Waals surface area contributed by atoms with E-state index in [0.29, 0.717) is 5.06 Å². The fraction of sp³-hybridized carbons (Fsp3) is 0.840. The van der Waals surface area contributed by atoms with E-state index in [2.05, 4.69) is 26.6 Å². The average Bonchev–Trinajstić information content (AvgIpc) is 1.67. The molecule has 0 aromatic rings. The van der Waals surface area contributed by atoms with Gasteiger partial charge in [0.05, 0.1) is 70.8 Å². The zero-order valence-corrected chi connectivity index (χ0v) is 47.1. The van der Waals surface area contributed by atoms with E-state index >= 15 is 0 Å². The third kappa shape index (κ3) is 21.1. The Morgan fingerprint density at radius 3 is 1.55 bits per heavy atom. The summed E-state index contributed by atoms with van der Waals surface area (Å²) in [5, 5.41) is 147. The SMILES string of the molecule is C[C@@H]1O[C@@H](OCCNC(=O)CCCNC(=O)CN(CC(=O)NCCCC(=O)NCCO[C@H]2O[C@H](CO[C@H]3C[C@H](CO)[C@@H](O)[C@H](O)[C@@H]3O)[C@@H](O)[C@H](O[C@H]3O[C@H](CO)[C@@H](O)[C@H](O)[C@@H]3O)[C@@H]2O)CC(=O)NCCC(=O)ON2C(=O)CCC2=O)[C@@H](O)[C@H](O)[C@@H]1O. The molecule has 4 saturated heterocycles. The molecule has 0 radical (unpaired) electrons. The van der Waals surface area contributed by atoms with Gasteiger partial charge in [-0.25, -0.2) is 4.79 Å². The van der Waals surface area contributed by atoms with Crippen LogP contribution >= 0.6 is 0 Å². The number of hydroxylamine groups is 2. The molecule has 5 fully saturated rings. The van der Waals surface area contributed by atoms with Crippen LogP contribution in [0.15, 0.2) is 0 Å². The Morgan fingerprint density at radius 1 is 0.512 bits per heavy atom. The van der Waals surface area contributed by atoms with Gasteiger partial charge in [0.2, 0.25) is 29.5 Å². The highest BCUT2D eigenvalue weighted by molar-refractivity contribution is 6.01. The highest BCUT2D eigenvalue weighted by Crippen LogP contribution is 2.32. The number of ether oxygens (including phenoxy) is 7. The lowest BCUT2D eigenvalue weighted by molar-refractivity contribution is -0.361. The Kier molecular flexibility index (Phi) is 29.5. The van der Waals surface area contributed by atoms with Crippen molar-refractivity contribution in [3.05, 3.63) is 0 Å². The van der Waals surface area contributed by atoms with Gasteiger partial charge in [-0.1, -0.05) is 0 Å². The fourth-order valence-corrected chi connectivity index (χ4v) is 9.59. The van der Waals surface area contributed by atoms with Crippen LogP contribution in [0.5, 0.6) is 0 Å². The first kappa shape index (κ1) is 71.9. The normalized spacial score (nSPS) is 33.9. The summed E-state index contributed by atoms with van der Waals surface area (Å²) in [6.45, 7) is -3.16. The van der Waals surface area contributed by atoms with Crippen molar-refractivity contribution in [2.45, 2.75) is 175 Å². The number of hydrogen-bond donors (Lipinski definition) is 18. The van der Waals surface area contributed by atoms with E-state index in [1.54, 1.807) is 0 Å². The topological polar surface area (TPSA) is 540 Å². The molecule has 0 unspecified atom stereocenters. The Bertz CT molecular complexity index is 2190. The minimum absolute atomic E-state index is 0.00333. The van der Waals surface area contributed by atoms with Crippen LogP contribution in [-0.4, -0.2) is 326 Å². The third-order valence-electron chi connectivity index (χ3n) is 14.6. The number of carbonyl (C=O) groups is 8. The Labute approximate surface area is 491 Å². The standard InChI is InChI=1S/C50H83N7O29/c1-23-36(68)41(73)44(76)48(82-23)79-14-12-54-28(60)4-2-9-51-30(62)17-56(19-32(64)53-11-8-35(67)86-57-33(65)6-7-34(57)66)18-31(63)52-10-3-5-29(61)55-13-15-80-49-46(78)47(85-50-45(77)43(75)39(71)26(21-59)83-50)40(72)27(84-49)22-81-25-16-24(20-58)37(69)42(74)38(25)70/h23-27,36-50,58-59,68-78H,2-22H2,1H3,(H,51,62)(H,52,63)(H,53,64)(H,54,60)(H,55,61)/t23-,24+,25-,26+,27+,36+,37+,38+,39+,40+,41+,42-,43-,44-,45-,46-,47-,48+,49-,50+/m0/s1. The van der Waals surface area contributed by atoms with Crippen LogP contribution in [0.25, 0.3) is 0 Å². The van der Waals surface area contributed by atoms with Gasteiger partial charge in [0.25, 0.3) is 11.8 Å². The van der Waals surface area contributed by atoms with Crippen molar-refractivity contribution in [2.24, 2.45) is 5.92 Å². The lowest BCUT2D eigenvalue weighted by atomic mass is 9.81. The van der Waals surface area contributed by atoms with Crippen molar-refractivity contribution in [3.8, 4) is 0 Å². The molecule has 5 aliphatic rings. The van der Waals surface area contributed by atoms with E-state index in [1.165, 1.54) is 6.92 Å². The van der Waals surface area contributed by atoms with Gasteiger partial charge in [-0.15, -0.1) is 5.06 Å². The number of carbonyl (C=O) groups excluding carboxylic acids is 8. The zero-order valence-electron chi connectivity index (χ0n) is 47.1. The van der Waals surface area contributed by atoms with Gasteiger partial charge in [-0.05, 0) is 26.2 Å². The monoisotopic (exact) mass is 1250 g/mol. The number of aliphatic hydroxyl groups is 13. The molecule has 36 heteroatoms. The molecule has 20 atom stereocenters. The molecule has 1 saturated carbocycles. The second-order valence-electron chi connectivity index (χ2n) is 21.2. The lowest BCUT2D eigenvalue weighted by Crippen LogP contribution is -2.65. The first-order chi connectivity index (χ1) is 40.8. The van der Waals surface area contributed by atoms with Gasteiger partial charge in [-0.2, -0.15) is 0 Å². The van der Waals surface area contributed by atoms with Crippen LogP contribution in [0, 0.1) is 5.92 Å². The average molecular weight is 1250 g/mol. The number of amides is 7. The van der Waals surface area contributed by atoms with E-state index in [9.17, 15) is 105 Å². The van der Waals surface area contributed by atoms with E-state index in [4.69, 9.17) is 38.0 Å². The second-order valence-corrected chi connectivity index (χ2v) is 21.2. The first-order valence-corrected chi connectivity index (χ1v) is 28.1. The molecular weight excluding hydrogens is 1160 g/mol. The molecule has 492 valence electrons. The van der Waals surface area contributed by atoms with Gasteiger partial charge in [-0.3, -0.25) is 38.5 Å². The van der Waals surface area contributed by atoms with Crippen molar-refractivity contribution in [1.29, 1.82) is 0 Å². The number of nitrogens with one attached hydrogen (secondary N) is 5. The maximum Gasteiger partial charge on any atom is 0.334 e. The summed E-state index contributed by atoms with van der Waals surface area (Å²) in [6, 6.07) is 0. The van der Waals surface area contributed by atoms with Gasteiger partial charge in [0.15, 0.2) is 18.9 Å². The van der Waals surface area contributed by atoms with E-state index in [0.717, 1.165) is 4.90 Å². The molecular formula is C50H83N7O29. The van der Waals surface area contributed by atoms with Crippen molar-refractivity contribution in [2.75, 3.05) is 85.4 Å². The maximum absolute atomic E-state index is 13.1. The summed E-state index contributed by atoms with van der Waals surface area (Å²) in [5.41, 5.74) is 0. The van der Waals surface area contributed by atoms with Crippen LogP contribution in [0.1, 0.15) is 58.3 Å². The van der Waals surface area contributed by atoms with E-state index < -0.39 is 216 Å². The molecule has 4 aliphatic heterocycles. The highest BCUT2D eigenvalue weighted by Gasteiger charge is 2.52. The Morgan fingerprint density at radius 2 is 1.00 bits per heavy atom. The molecule has 0 spiro atoms. The summed E-state index contributed by atoms with van der Waals surface area (Å²) in [4.78, 5) is 106. The molecule has 86 heavy (non-hydrogen) atoms. The molecule has 0 bridgehead atoms. The molecule has 36 nitrogen and oxygen atoms in total. The predicted molar refractivity (Wildman–Crippen MR) is 278 cm³/mol. The Hall–Kier alpha value is -4.88. The molecule has 4 heterocycles. The smallest absolute Gasteiger partial charge is 0.334 e. The fourth-order valence-electron chi connectivity index (χ4n) is 9.59. The molecule has 0 aromatic heterocycles. The minimum Gasteiger partial charge on any atom is -0.396 e. The van der Waals surface area contributed by atoms with Crippen LogP contribution in [-0.2, 0) is 76.4 Å². The molecule has 5 rings (SSSR count). The number of hydrogen-bond acceptors (Lipinski definition) is 30. The summed E-state index contributed by atoms with van der Waals surface area (Å²) >= 11 is 0.